The van der Waals surface area contributed by atoms with Gasteiger partial charge in [0, 0.05) is 65.4 Å². The topological polar surface area (TPSA) is 139 Å². The number of fused-ring (bicyclic) bond motifs is 2. The van der Waals surface area contributed by atoms with Gasteiger partial charge in [0.2, 0.25) is 0 Å². The molecule has 0 unspecified atom stereocenters. The van der Waals surface area contributed by atoms with Gasteiger partial charge in [0.05, 0.1) is 25.3 Å². The van der Waals surface area contributed by atoms with Gasteiger partial charge in [-0.25, -0.2) is 14.2 Å². The van der Waals surface area contributed by atoms with Crippen LogP contribution in [0, 0.1) is 5.82 Å². The Morgan fingerprint density at radius 1 is 0.889 bits per heavy atom. The Labute approximate surface area is 313 Å². The molecule has 0 aliphatic carbocycles. The molecule has 0 saturated carbocycles. The molecule has 6 aromatic rings. The van der Waals surface area contributed by atoms with Crippen LogP contribution in [0.1, 0.15) is 56.9 Å². The van der Waals surface area contributed by atoms with Crippen LogP contribution in [0.15, 0.2) is 97.6 Å². The molecule has 13 heteroatoms. The minimum atomic E-state index is -1.03. The van der Waals surface area contributed by atoms with E-state index in [9.17, 15) is 18.8 Å². The van der Waals surface area contributed by atoms with Crippen molar-refractivity contribution in [2.75, 3.05) is 46.7 Å². The smallest absolute Gasteiger partial charge is 0.337 e. The van der Waals surface area contributed by atoms with E-state index in [0.717, 1.165) is 29.7 Å². The Balaban J connectivity index is 0.000000249. The predicted molar refractivity (Wildman–Crippen MR) is 207 cm³/mol. The van der Waals surface area contributed by atoms with E-state index in [1.54, 1.807) is 56.0 Å². The van der Waals surface area contributed by atoms with Crippen molar-refractivity contribution in [1.29, 1.82) is 0 Å². The highest BCUT2D eigenvalue weighted by Crippen LogP contribution is 2.29. The highest BCUT2D eigenvalue weighted by Gasteiger charge is 2.22. The van der Waals surface area contributed by atoms with E-state index in [0.29, 0.717) is 46.8 Å². The molecular formula is C41H45FN6O6. The van der Waals surface area contributed by atoms with E-state index >= 15 is 0 Å². The maximum absolute atomic E-state index is 13.2. The van der Waals surface area contributed by atoms with Crippen molar-refractivity contribution in [1.82, 2.24) is 24.2 Å². The molecule has 54 heavy (non-hydrogen) atoms. The van der Waals surface area contributed by atoms with E-state index in [2.05, 4.69) is 34.4 Å². The second-order valence-electron chi connectivity index (χ2n) is 13.6. The van der Waals surface area contributed by atoms with Gasteiger partial charge < -0.3 is 39.1 Å². The zero-order valence-corrected chi connectivity index (χ0v) is 31.2. The SMILES string of the molecule is CN(C)CCCn1cc(C(=O)O)c2cc(F)ccc21.COc1ccc(C(=O)Nc2ccc(C(C)(C)CNC(=O)c3ccc4nccn4c3)cc2)cc1OC. The van der Waals surface area contributed by atoms with Crippen molar-refractivity contribution < 1.29 is 33.4 Å². The number of hydrogen-bond acceptors (Lipinski definition) is 7. The Kier molecular flexibility index (Phi) is 12.3. The number of methoxy groups -OCH3 is 2. The minimum Gasteiger partial charge on any atom is -0.493 e. The number of halogens is 1. The van der Waals surface area contributed by atoms with E-state index in [1.165, 1.54) is 19.2 Å². The quantitative estimate of drug-likeness (QED) is 0.119. The monoisotopic (exact) mass is 736 g/mol. The zero-order chi connectivity index (χ0) is 39.0. The number of carbonyl (C=O) groups excluding carboxylic acids is 2. The molecule has 0 fully saturated rings. The largest absolute Gasteiger partial charge is 0.493 e. The summed E-state index contributed by atoms with van der Waals surface area (Å²) in [6.45, 7) is 6.20. The fourth-order valence-corrected chi connectivity index (χ4v) is 5.93. The summed E-state index contributed by atoms with van der Waals surface area (Å²) in [6.07, 6.45) is 7.76. The zero-order valence-electron chi connectivity index (χ0n) is 31.2. The summed E-state index contributed by atoms with van der Waals surface area (Å²) in [5.74, 6) is -0.787. The van der Waals surface area contributed by atoms with Crippen molar-refractivity contribution in [3.63, 3.8) is 0 Å². The van der Waals surface area contributed by atoms with Gasteiger partial charge in [0.25, 0.3) is 11.8 Å². The number of imidazole rings is 1. The van der Waals surface area contributed by atoms with Crippen LogP contribution in [0.2, 0.25) is 0 Å². The van der Waals surface area contributed by atoms with Crippen LogP contribution >= 0.6 is 0 Å². The maximum Gasteiger partial charge on any atom is 0.337 e. The van der Waals surface area contributed by atoms with Gasteiger partial charge in [0.15, 0.2) is 11.5 Å². The van der Waals surface area contributed by atoms with Gasteiger partial charge in [-0.2, -0.15) is 0 Å². The highest BCUT2D eigenvalue weighted by molar-refractivity contribution is 6.05. The number of nitrogens with zero attached hydrogens (tertiary/aromatic N) is 4. The van der Waals surface area contributed by atoms with E-state index in [4.69, 9.17) is 14.6 Å². The highest BCUT2D eigenvalue weighted by atomic mass is 19.1. The molecule has 0 radical (unpaired) electrons. The second-order valence-corrected chi connectivity index (χ2v) is 13.6. The lowest BCUT2D eigenvalue weighted by atomic mass is 9.84. The summed E-state index contributed by atoms with van der Waals surface area (Å²) in [4.78, 5) is 42.8. The molecule has 0 atom stereocenters. The molecule has 3 aromatic carbocycles. The molecule has 3 N–H and O–H groups in total. The van der Waals surface area contributed by atoms with Gasteiger partial charge in [-0.05, 0) is 93.3 Å². The van der Waals surface area contributed by atoms with Crippen molar-refractivity contribution in [2.45, 2.75) is 32.2 Å². The van der Waals surface area contributed by atoms with Gasteiger partial charge >= 0.3 is 5.97 Å². The summed E-state index contributed by atoms with van der Waals surface area (Å²) in [5.41, 5.74) is 4.12. The predicted octanol–water partition coefficient (Wildman–Crippen LogP) is 6.74. The standard InChI is InChI=1S/C27H28N4O4.C14H17FN2O2/c1-27(2,17-29-25(32)19-6-12-24-28-13-14-31(24)16-19)20-7-9-21(10-8-20)30-26(33)18-5-11-22(34-3)23(15-18)35-4;1-16(2)6-3-7-17-9-12(14(18)19)11-8-10(15)4-5-13(11)17/h5-16H,17H2,1-4H3,(H,29,32)(H,30,33);4-5,8-9H,3,6-7H2,1-2H3,(H,18,19). The number of anilines is 1. The van der Waals surface area contributed by atoms with Gasteiger partial charge in [-0.3, -0.25) is 9.59 Å². The molecule has 0 bridgehead atoms. The lowest BCUT2D eigenvalue weighted by molar-refractivity contribution is 0.0698. The van der Waals surface area contributed by atoms with Gasteiger partial charge in [-0.15, -0.1) is 0 Å². The third-order valence-electron chi connectivity index (χ3n) is 8.99. The minimum absolute atomic E-state index is 0.146. The maximum atomic E-state index is 13.2. The van der Waals surface area contributed by atoms with Crippen molar-refractivity contribution in [3.05, 3.63) is 126 Å². The number of aryl methyl sites for hydroxylation is 1. The number of carbonyl (C=O) groups is 3. The van der Waals surface area contributed by atoms with Crippen molar-refractivity contribution in [2.24, 2.45) is 0 Å². The van der Waals surface area contributed by atoms with Crippen LogP contribution in [0.3, 0.4) is 0 Å². The molecule has 0 saturated heterocycles. The number of ether oxygens (including phenoxy) is 2. The number of carboxylic acids is 1. The lowest BCUT2D eigenvalue weighted by Crippen LogP contribution is -2.36. The number of hydrogen-bond donors (Lipinski definition) is 3. The Hall–Kier alpha value is -6.21. The van der Waals surface area contributed by atoms with Crippen LogP contribution in [-0.4, -0.2) is 83.1 Å². The number of pyridine rings is 1. The lowest BCUT2D eigenvalue weighted by Gasteiger charge is -2.26. The normalized spacial score (nSPS) is 11.3. The van der Waals surface area contributed by atoms with Crippen molar-refractivity contribution in [3.8, 4) is 11.5 Å². The molecule has 3 heterocycles. The average Bonchev–Trinajstić information content (AvgIpc) is 3.78. The average molecular weight is 737 g/mol. The second kappa shape index (κ2) is 17.1. The molecular weight excluding hydrogens is 691 g/mol. The summed E-state index contributed by atoms with van der Waals surface area (Å²) in [6, 6.07) is 20.5. The van der Waals surface area contributed by atoms with Crippen LogP contribution < -0.4 is 20.1 Å². The van der Waals surface area contributed by atoms with Gasteiger partial charge in [-0.1, -0.05) is 26.0 Å². The first kappa shape index (κ1) is 39.0. The number of aromatic nitrogens is 3. The van der Waals surface area contributed by atoms with E-state index < -0.39 is 11.8 Å². The molecule has 3 aromatic heterocycles. The molecule has 6 rings (SSSR count). The summed E-state index contributed by atoms with van der Waals surface area (Å²) in [7, 11) is 7.06. The number of carboxylic acid groups (broad SMARTS) is 1. The van der Waals surface area contributed by atoms with Crippen LogP contribution in [0.4, 0.5) is 10.1 Å². The Morgan fingerprint density at radius 3 is 2.30 bits per heavy atom. The van der Waals surface area contributed by atoms with Crippen LogP contribution in [-0.2, 0) is 12.0 Å². The van der Waals surface area contributed by atoms with Crippen molar-refractivity contribution >= 4 is 40.0 Å². The number of rotatable bonds is 13. The molecule has 12 nitrogen and oxygen atoms in total. The summed E-state index contributed by atoms with van der Waals surface area (Å²) < 4.78 is 27.4. The Bertz CT molecular complexity index is 2260. The first-order chi connectivity index (χ1) is 25.8. The first-order valence-corrected chi connectivity index (χ1v) is 17.3. The summed E-state index contributed by atoms with van der Waals surface area (Å²) >= 11 is 0. The van der Waals surface area contributed by atoms with E-state index in [-0.39, 0.29) is 22.8 Å². The number of amides is 2. The number of aromatic carboxylic acids is 1. The fourth-order valence-electron chi connectivity index (χ4n) is 5.93. The first-order valence-electron chi connectivity index (χ1n) is 17.3. The van der Waals surface area contributed by atoms with Crippen LogP contribution in [0.25, 0.3) is 16.6 Å². The number of benzene rings is 3. The fraction of sp³-hybridized carbons (Fsp3) is 0.268. The molecule has 282 valence electrons. The van der Waals surface area contributed by atoms with Gasteiger partial charge in [0.1, 0.15) is 11.5 Å². The van der Waals surface area contributed by atoms with Crippen LogP contribution in [0.5, 0.6) is 11.5 Å². The summed E-state index contributed by atoms with van der Waals surface area (Å²) in [5, 5.41) is 15.5. The Morgan fingerprint density at radius 2 is 1.61 bits per heavy atom. The van der Waals surface area contributed by atoms with E-state index in [1.807, 2.05) is 59.6 Å². The molecule has 0 spiro atoms. The third kappa shape index (κ3) is 9.41. The third-order valence-corrected chi connectivity index (χ3v) is 8.99. The molecule has 0 aliphatic rings. The molecule has 0 aliphatic heterocycles. The number of nitrogens with one attached hydrogen (secondary N) is 2. The molecule has 2 amide bonds.